The van der Waals surface area contributed by atoms with E-state index in [2.05, 4.69) is 5.32 Å². The van der Waals surface area contributed by atoms with Crippen LogP contribution in [0.5, 0.6) is 17.2 Å². The van der Waals surface area contributed by atoms with Gasteiger partial charge in [0, 0.05) is 19.2 Å². The number of anilines is 1. The zero-order chi connectivity index (χ0) is 30.0. The number of nitrogens with zero attached hydrogens (tertiary/aromatic N) is 2. The Bertz CT molecular complexity index is 1410. The monoisotopic (exact) mass is 583 g/mol. The number of sulfonamides is 1. The van der Waals surface area contributed by atoms with Crippen LogP contribution in [0.1, 0.15) is 25.8 Å². The third-order valence-electron chi connectivity index (χ3n) is 6.49. The molecule has 0 aromatic heterocycles. The number of hydrogen-bond donors (Lipinski definition) is 1. The number of nitrogens with one attached hydrogen (secondary N) is 1. The second kappa shape index (κ2) is 14.4. The van der Waals surface area contributed by atoms with Crippen molar-refractivity contribution in [1.29, 1.82) is 0 Å². The average Bonchev–Trinajstić information content (AvgIpc) is 3.01. The van der Waals surface area contributed by atoms with Crippen molar-refractivity contribution in [3.8, 4) is 17.2 Å². The summed E-state index contributed by atoms with van der Waals surface area (Å²) in [6, 6.07) is 18.7. The van der Waals surface area contributed by atoms with Gasteiger partial charge >= 0.3 is 0 Å². The molecule has 0 saturated carbocycles. The van der Waals surface area contributed by atoms with E-state index in [0.717, 1.165) is 16.3 Å². The molecule has 3 rings (SSSR count). The molecule has 0 aliphatic heterocycles. The van der Waals surface area contributed by atoms with Crippen LogP contribution in [0.15, 0.2) is 77.7 Å². The van der Waals surface area contributed by atoms with Gasteiger partial charge in [0.2, 0.25) is 11.8 Å². The summed E-state index contributed by atoms with van der Waals surface area (Å²) in [7, 11) is 0.178. The molecule has 0 spiro atoms. The Kier molecular flexibility index (Phi) is 11.0. The fraction of sp³-hybridized carbons (Fsp3) is 0.333. The lowest BCUT2D eigenvalue weighted by atomic mass is 10.1. The van der Waals surface area contributed by atoms with Gasteiger partial charge in [-0.15, -0.1) is 0 Å². The lowest BCUT2D eigenvalue weighted by Crippen LogP contribution is -2.51. The fourth-order valence-electron chi connectivity index (χ4n) is 4.13. The van der Waals surface area contributed by atoms with Gasteiger partial charge in [0.25, 0.3) is 10.0 Å². The maximum atomic E-state index is 14.0. The van der Waals surface area contributed by atoms with Gasteiger partial charge in [-0.3, -0.25) is 13.9 Å². The summed E-state index contributed by atoms with van der Waals surface area (Å²) >= 11 is 0. The molecule has 0 saturated heterocycles. The summed E-state index contributed by atoms with van der Waals surface area (Å²) in [4.78, 5) is 28.4. The van der Waals surface area contributed by atoms with Crippen LogP contribution in [0.3, 0.4) is 0 Å². The summed E-state index contributed by atoms with van der Waals surface area (Å²) in [5, 5.41) is 2.82. The maximum Gasteiger partial charge on any atom is 0.264 e. The van der Waals surface area contributed by atoms with E-state index in [1.807, 2.05) is 6.92 Å². The molecule has 0 aliphatic carbocycles. The molecule has 0 unspecified atom stereocenters. The molecule has 0 heterocycles. The van der Waals surface area contributed by atoms with E-state index in [1.165, 1.54) is 37.3 Å². The molecule has 0 bridgehead atoms. The van der Waals surface area contributed by atoms with Gasteiger partial charge in [-0.05, 0) is 55.3 Å². The quantitative estimate of drug-likeness (QED) is 0.307. The minimum atomic E-state index is -4.25. The second-order valence-corrected chi connectivity index (χ2v) is 11.1. The van der Waals surface area contributed by atoms with E-state index in [4.69, 9.17) is 14.2 Å². The van der Waals surface area contributed by atoms with Crippen LogP contribution in [0.2, 0.25) is 0 Å². The van der Waals surface area contributed by atoms with E-state index in [0.29, 0.717) is 18.0 Å². The SMILES string of the molecule is CCCNC(=O)[C@@H](C)N(Cc1ccc(OC)cc1)C(=O)CN(c1cc(OC)ccc1OC)S(=O)(=O)c1ccccc1. The number of carbonyl (C=O) groups excluding carboxylic acids is 2. The van der Waals surface area contributed by atoms with E-state index >= 15 is 0 Å². The molecular weight excluding hydrogens is 546 g/mol. The van der Waals surface area contributed by atoms with Crippen molar-refractivity contribution < 1.29 is 32.2 Å². The van der Waals surface area contributed by atoms with Crippen molar-refractivity contribution in [1.82, 2.24) is 10.2 Å². The summed E-state index contributed by atoms with van der Waals surface area (Å²) in [6.45, 7) is 3.47. The molecule has 1 atom stereocenters. The highest BCUT2D eigenvalue weighted by atomic mass is 32.2. The Labute approximate surface area is 241 Å². The highest BCUT2D eigenvalue weighted by molar-refractivity contribution is 7.92. The predicted octanol–water partition coefficient (Wildman–Crippen LogP) is 3.85. The molecule has 10 nitrogen and oxygen atoms in total. The number of benzene rings is 3. The van der Waals surface area contributed by atoms with Crippen LogP contribution in [-0.2, 0) is 26.2 Å². The largest absolute Gasteiger partial charge is 0.497 e. The molecule has 1 N–H and O–H groups in total. The Balaban J connectivity index is 2.08. The topological polar surface area (TPSA) is 114 Å². The van der Waals surface area contributed by atoms with Gasteiger partial charge in [0.1, 0.15) is 29.8 Å². The first-order chi connectivity index (χ1) is 19.7. The Morgan fingerprint density at radius 3 is 2.10 bits per heavy atom. The first kappa shape index (κ1) is 31.3. The molecule has 0 fully saturated rings. The number of amides is 2. The van der Waals surface area contributed by atoms with Crippen LogP contribution < -0.4 is 23.8 Å². The molecule has 41 heavy (non-hydrogen) atoms. The molecule has 11 heteroatoms. The standard InChI is InChI=1S/C30H37N3O7S/c1-6-18-31-30(35)22(2)32(20-23-12-14-24(38-3)15-13-23)29(34)21-33(41(36,37)26-10-8-7-9-11-26)27-19-25(39-4)16-17-28(27)40-5/h7-17,19,22H,6,18,20-21H2,1-5H3,(H,31,35)/t22-/m1/s1. The average molecular weight is 584 g/mol. The first-order valence-corrected chi connectivity index (χ1v) is 14.6. The first-order valence-electron chi connectivity index (χ1n) is 13.2. The van der Waals surface area contributed by atoms with Crippen molar-refractivity contribution >= 4 is 27.5 Å². The van der Waals surface area contributed by atoms with Crippen molar-refractivity contribution in [3.63, 3.8) is 0 Å². The molecule has 220 valence electrons. The molecule has 2 amide bonds. The smallest absolute Gasteiger partial charge is 0.264 e. The molecular formula is C30H37N3O7S. The number of rotatable bonds is 14. The lowest BCUT2D eigenvalue weighted by molar-refractivity contribution is -0.139. The zero-order valence-electron chi connectivity index (χ0n) is 24.0. The van der Waals surface area contributed by atoms with Gasteiger partial charge in [0.15, 0.2) is 0 Å². The van der Waals surface area contributed by atoms with Gasteiger partial charge < -0.3 is 24.4 Å². The van der Waals surface area contributed by atoms with E-state index in [9.17, 15) is 18.0 Å². The third-order valence-corrected chi connectivity index (χ3v) is 8.27. The molecule has 0 aliphatic rings. The van der Waals surface area contributed by atoms with Crippen molar-refractivity contribution in [2.45, 2.75) is 37.8 Å². The highest BCUT2D eigenvalue weighted by Gasteiger charge is 2.34. The second-order valence-electron chi connectivity index (χ2n) is 9.20. The highest BCUT2D eigenvalue weighted by Crippen LogP contribution is 2.36. The predicted molar refractivity (Wildman–Crippen MR) is 157 cm³/mol. The van der Waals surface area contributed by atoms with Crippen LogP contribution >= 0.6 is 0 Å². The van der Waals surface area contributed by atoms with E-state index in [-0.39, 0.29) is 28.8 Å². The van der Waals surface area contributed by atoms with Gasteiger partial charge in [-0.1, -0.05) is 37.3 Å². The number of carbonyl (C=O) groups is 2. The summed E-state index contributed by atoms with van der Waals surface area (Å²) in [5.74, 6) is 0.331. The Morgan fingerprint density at radius 2 is 1.51 bits per heavy atom. The Hall–Kier alpha value is -4.25. The van der Waals surface area contributed by atoms with Gasteiger partial charge in [0.05, 0.1) is 31.9 Å². The zero-order valence-corrected chi connectivity index (χ0v) is 24.8. The summed E-state index contributed by atoms with van der Waals surface area (Å²) in [6.07, 6.45) is 0.726. The minimum Gasteiger partial charge on any atom is -0.497 e. The number of methoxy groups -OCH3 is 3. The molecule has 0 radical (unpaired) electrons. The third kappa shape index (κ3) is 7.69. The van der Waals surface area contributed by atoms with E-state index < -0.39 is 28.5 Å². The van der Waals surface area contributed by atoms with Crippen LogP contribution in [0, 0.1) is 0 Å². The van der Waals surface area contributed by atoms with Gasteiger partial charge in [-0.25, -0.2) is 8.42 Å². The molecule has 3 aromatic rings. The maximum absolute atomic E-state index is 14.0. The number of hydrogen-bond acceptors (Lipinski definition) is 7. The van der Waals surface area contributed by atoms with Crippen molar-refractivity contribution in [2.75, 3.05) is 38.7 Å². The van der Waals surface area contributed by atoms with Crippen LogP contribution in [0.4, 0.5) is 5.69 Å². The lowest BCUT2D eigenvalue weighted by Gasteiger charge is -2.32. The van der Waals surface area contributed by atoms with E-state index in [1.54, 1.807) is 68.6 Å². The minimum absolute atomic E-state index is 0.00638. The number of ether oxygens (including phenoxy) is 3. The van der Waals surface area contributed by atoms with Crippen molar-refractivity contribution in [3.05, 3.63) is 78.4 Å². The fourth-order valence-corrected chi connectivity index (χ4v) is 5.57. The summed E-state index contributed by atoms with van der Waals surface area (Å²) in [5.41, 5.74) is 0.863. The molecule has 3 aromatic carbocycles. The van der Waals surface area contributed by atoms with Crippen LogP contribution in [0.25, 0.3) is 0 Å². The van der Waals surface area contributed by atoms with Crippen LogP contribution in [-0.4, -0.2) is 65.6 Å². The van der Waals surface area contributed by atoms with Crippen molar-refractivity contribution in [2.24, 2.45) is 0 Å². The summed E-state index contributed by atoms with van der Waals surface area (Å²) < 4.78 is 45.0. The Morgan fingerprint density at radius 1 is 0.878 bits per heavy atom. The van der Waals surface area contributed by atoms with Gasteiger partial charge in [-0.2, -0.15) is 0 Å². The normalized spacial score (nSPS) is 11.7.